The van der Waals surface area contributed by atoms with Gasteiger partial charge >= 0.3 is 0 Å². The minimum Gasteiger partial charge on any atom is -0.0786 e. The molecule has 1 atom stereocenters. The first-order valence-electron chi connectivity index (χ1n) is 5.44. The molecule has 0 aliphatic rings. The normalized spacial score (nSPS) is 12.5. The Balaban J connectivity index is 2.52. The summed E-state index contributed by atoms with van der Waals surface area (Å²) in [5.74, 6) is 0. The van der Waals surface area contributed by atoms with Crippen molar-refractivity contribution >= 4 is 86.3 Å². The summed E-state index contributed by atoms with van der Waals surface area (Å²) in [4.78, 5) is 0.142. The van der Waals surface area contributed by atoms with Crippen molar-refractivity contribution in [3.63, 3.8) is 0 Å². The van der Waals surface area contributed by atoms with Crippen molar-refractivity contribution in [2.75, 3.05) is 0 Å². The summed E-state index contributed by atoms with van der Waals surface area (Å²) < 4.78 is 4.57. The molecule has 0 spiro atoms. The van der Waals surface area contributed by atoms with Crippen LogP contribution in [0, 0.1) is 10.5 Å². The molecule has 0 aliphatic carbocycles. The molecule has 0 aromatic heterocycles. The number of hydrogen-bond acceptors (Lipinski definition) is 0. The van der Waals surface area contributed by atoms with E-state index >= 15 is 0 Å². The largest absolute Gasteiger partial charge is 0.0786 e. The first-order chi connectivity index (χ1) is 8.90. The average molecular weight is 624 g/mol. The van der Waals surface area contributed by atoms with Crippen molar-refractivity contribution in [1.82, 2.24) is 0 Å². The summed E-state index contributed by atoms with van der Waals surface area (Å²) in [5, 5.41) is 0. The first kappa shape index (κ1) is 16.5. The molecule has 0 nitrogen and oxygen atoms in total. The third-order valence-electron chi connectivity index (χ3n) is 2.78. The van der Waals surface area contributed by atoms with Crippen molar-refractivity contribution in [1.29, 1.82) is 0 Å². The number of hydrogen-bond donors (Lipinski definition) is 0. The highest BCUT2D eigenvalue weighted by Gasteiger charge is 2.17. The number of aryl methyl sites for hydroxylation is 1. The Hall–Kier alpha value is 1.09. The van der Waals surface area contributed by atoms with E-state index in [1.807, 2.05) is 0 Å². The maximum absolute atomic E-state index is 3.80. The maximum Gasteiger partial charge on any atom is 0.0667 e. The summed E-state index contributed by atoms with van der Waals surface area (Å²) in [5.41, 5.74) is 3.65. The van der Waals surface area contributed by atoms with Gasteiger partial charge in [0.25, 0.3) is 0 Å². The molecular weight excluding hydrogens is 615 g/mol. The van der Waals surface area contributed by atoms with E-state index in [9.17, 15) is 0 Å². The molecule has 19 heavy (non-hydrogen) atoms. The third-order valence-corrected chi connectivity index (χ3v) is 6.70. The molecule has 100 valence electrons. The lowest BCUT2D eigenvalue weighted by Gasteiger charge is -2.16. The van der Waals surface area contributed by atoms with Gasteiger partial charge in [0, 0.05) is 17.0 Å². The molecule has 0 radical (unpaired) electrons. The van der Waals surface area contributed by atoms with Gasteiger partial charge in [-0.05, 0) is 76.5 Å². The lowest BCUT2D eigenvalue weighted by atomic mass is 10.0. The number of rotatable bonds is 2. The predicted molar refractivity (Wildman–Crippen MR) is 104 cm³/mol. The molecule has 0 aliphatic heterocycles. The standard InChI is InChI=1S/C14H9Br4I/c1-7-4-13(17)10(6-12(7)16)14(18)9-5-8(19)2-3-11(9)15/h2-6,14H,1H3. The Morgan fingerprint density at radius 3 is 2.21 bits per heavy atom. The molecule has 0 fully saturated rings. The Bertz CT molecular complexity index is 625. The summed E-state index contributed by atoms with van der Waals surface area (Å²) in [6, 6.07) is 10.7. The average Bonchev–Trinajstić information content (AvgIpc) is 2.36. The van der Waals surface area contributed by atoms with Crippen LogP contribution < -0.4 is 0 Å². The van der Waals surface area contributed by atoms with Gasteiger partial charge in [0.15, 0.2) is 0 Å². The Labute approximate surface area is 160 Å². The second-order valence-electron chi connectivity index (χ2n) is 4.15. The summed E-state index contributed by atoms with van der Waals surface area (Å²) in [6.45, 7) is 2.09. The third kappa shape index (κ3) is 3.84. The topological polar surface area (TPSA) is 0 Å². The quantitative estimate of drug-likeness (QED) is 0.242. The summed E-state index contributed by atoms with van der Waals surface area (Å²) in [6.07, 6.45) is 0. The van der Waals surface area contributed by atoms with Crippen LogP contribution in [0.2, 0.25) is 0 Å². The minimum absolute atomic E-state index is 0.142. The van der Waals surface area contributed by atoms with Gasteiger partial charge in [-0.15, -0.1) is 0 Å². The van der Waals surface area contributed by atoms with Crippen LogP contribution in [0.15, 0.2) is 43.7 Å². The van der Waals surface area contributed by atoms with Crippen molar-refractivity contribution < 1.29 is 0 Å². The molecule has 0 N–H and O–H groups in total. The van der Waals surface area contributed by atoms with E-state index < -0.39 is 0 Å². The number of alkyl halides is 1. The zero-order chi connectivity index (χ0) is 14.2. The van der Waals surface area contributed by atoms with Crippen molar-refractivity contribution in [2.45, 2.75) is 11.8 Å². The smallest absolute Gasteiger partial charge is 0.0667 e. The highest BCUT2D eigenvalue weighted by Crippen LogP contribution is 2.41. The molecule has 0 saturated heterocycles. The number of benzene rings is 2. The van der Waals surface area contributed by atoms with Gasteiger partial charge in [-0.25, -0.2) is 0 Å². The van der Waals surface area contributed by atoms with E-state index in [0.29, 0.717) is 0 Å². The van der Waals surface area contributed by atoms with Crippen LogP contribution in [0.1, 0.15) is 21.5 Å². The highest BCUT2D eigenvalue weighted by molar-refractivity contribution is 14.1. The molecule has 1 unspecified atom stereocenters. The lowest BCUT2D eigenvalue weighted by Crippen LogP contribution is -1.97. The molecule has 0 heterocycles. The fourth-order valence-corrected chi connectivity index (χ4v) is 5.14. The molecule has 2 rings (SSSR count). The molecule has 2 aromatic carbocycles. The van der Waals surface area contributed by atoms with E-state index in [2.05, 4.69) is 124 Å². The van der Waals surface area contributed by atoms with E-state index in [0.717, 1.165) is 13.4 Å². The Morgan fingerprint density at radius 1 is 0.895 bits per heavy atom. The van der Waals surface area contributed by atoms with E-state index in [1.165, 1.54) is 20.3 Å². The van der Waals surface area contributed by atoms with E-state index in [-0.39, 0.29) is 4.83 Å². The van der Waals surface area contributed by atoms with E-state index in [1.54, 1.807) is 0 Å². The van der Waals surface area contributed by atoms with Crippen LogP contribution in [-0.2, 0) is 0 Å². The van der Waals surface area contributed by atoms with Gasteiger partial charge < -0.3 is 0 Å². The molecule has 5 heteroatoms. The van der Waals surface area contributed by atoms with Crippen LogP contribution in [0.3, 0.4) is 0 Å². The predicted octanol–water partition coefficient (Wildman–Crippen LogP) is 7.37. The van der Waals surface area contributed by atoms with Crippen molar-refractivity contribution in [2.24, 2.45) is 0 Å². The van der Waals surface area contributed by atoms with Gasteiger partial charge in [-0.1, -0.05) is 63.7 Å². The first-order valence-corrected chi connectivity index (χ1v) is 9.82. The van der Waals surface area contributed by atoms with Crippen LogP contribution in [-0.4, -0.2) is 0 Å². The van der Waals surface area contributed by atoms with Gasteiger partial charge in [0.1, 0.15) is 0 Å². The zero-order valence-corrected chi connectivity index (χ0v) is 18.4. The summed E-state index contributed by atoms with van der Waals surface area (Å²) >= 11 is 17.0. The fraction of sp³-hybridized carbons (Fsp3) is 0.143. The van der Waals surface area contributed by atoms with Crippen molar-refractivity contribution in [3.8, 4) is 0 Å². The van der Waals surface area contributed by atoms with Crippen LogP contribution in [0.5, 0.6) is 0 Å². The molecule has 0 saturated carbocycles. The minimum atomic E-state index is 0.142. The Morgan fingerprint density at radius 2 is 1.53 bits per heavy atom. The molecule has 0 amide bonds. The van der Waals surface area contributed by atoms with Gasteiger partial charge in [0.05, 0.1) is 4.83 Å². The monoisotopic (exact) mass is 620 g/mol. The van der Waals surface area contributed by atoms with Crippen LogP contribution in [0.25, 0.3) is 0 Å². The van der Waals surface area contributed by atoms with Crippen LogP contribution >= 0.6 is 86.3 Å². The fourth-order valence-electron chi connectivity index (χ4n) is 1.73. The molecule has 2 aromatic rings. The highest BCUT2D eigenvalue weighted by atomic mass is 127. The van der Waals surface area contributed by atoms with Gasteiger partial charge in [-0.2, -0.15) is 0 Å². The van der Waals surface area contributed by atoms with Gasteiger partial charge in [0.2, 0.25) is 0 Å². The SMILES string of the molecule is Cc1cc(Br)c(C(Br)c2cc(I)ccc2Br)cc1Br. The molecule has 0 bridgehead atoms. The van der Waals surface area contributed by atoms with Gasteiger partial charge in [-0.3, -0.25) is 0 Å². The lowest BCUT2D eigenvalue weighted by molar-refractivity contribution is 1.14. The summed E-state index contributed by atoms with van der Waals surface area (Å²) in [7, 11) is 0. The van der Waals surface area contributed by atoms with Crippen molar-refractivity contribution in [3.05, 3.63) is 64.0 Å². The van der Waals surface area contributed by atoms with Crippen LogP contribution in [0.4, 0.5) is 0 Å². The second kappa shape index (κ2) is 6.90. The van der Waals surface area contributed by atoms with E-state index in [4.69, 9.17) is 0 Å². The zero-order valence-electron chi connectivity index (χ0n) is 9.85. The Kier molecular flexibility index (Phi) is 5.98. The maximum atomic E-state index is 3.80. The number of halogens is 5. The molecular formula is C14H9Br4I. The second-order valence-corrected chi connectivity index (χ2v) is 8.88.